The second-order valence-corrected chi connectivity index (χ2v) is 5.20. The zero-order valence-corrected chi connectivity index (χ0v) is 12.2. The number of nitrogens with two attached hydrogens (primary N) is 1. The van der Waals surface area contributed by atoms with E-state index >= 15 is 0 Å². The topological polar surface area (TPSA) is 29.3 Å². The van der Waals surface area contributed by atoms with Gasteiger partial charge in [0.15, 0.2) is 0 Å². The first-order valence-corrected chi connectivity index (χ1v) is 7.16. The molecule has 0 fully saturated rings. The molecule has 0 bridgehead atoms. The fourth-order valence-corrected chi connectivity index (χ4v) is 2.42. The highest BCUT2D eigenvalue weighted by molar-refractivity contribution is 5.14. The summed E-state index contributed by atoms with van der Waals surface area (Å²) in [5.74, 6) is 0. The Morgan fingerprint density at radius 3 is 2.11 bits per heavy atom. The largest absolute Gasteiger partial charge is 0.330 e. The molecular weight excluding hydrogens is 220 g/mol. The maximum Gasteiger partial charge on any atom is 0.0233 e. The third-order valence-corrected chi connectivity index (χ3v) is 4.19. The van der Waals surface area contributed by atoms with Crippen molar-refractivity contribution in [1.82, 2.24) is 4.90 Å². The summed E-state index contributed by atoms with van der Waals surface area (Å²) in [5.41, 5.74) is 7.67. The monoisotopic (exact) mass is 248 g/mol. The average Bonchev–Trinajstić information content (AvgIpc) is 2.45. The van der Waals surface area contributed by atoms with Gasteiger partial charge in [-0.25, -0.2) is 0 Å². The molecule has 1 aromatic rings. The molecule has 0 atom stereocenters. The summed E-state index contributed by atoms with van der Waals surface area (Å²) in [6.07, 6.45) is 2.32. The summed E-state index contributed by atoms with van der Waals surface area (Å²) >= 11 is 0. The van der Waals surface area contributed by atoms with E-state index in [9.17, 15) is 0 Å². The molecule has 18 heavy (non-hydrogen) atoms. The molecular formula is C16H28N2. The average molecular weight is 248 g/mol. The van der Waals surface area contributed by atoms with Crippen LogP contribution >= 0.6 is 0 Å². The van der Waals surface area contributed by atoms with Crippen LogP contribution in [0.2, 0.25) is 0 Å². The van der Waals surface area contributed by atoms with Crippen LogP contribution in [0.15, 0.2) is 30.3 Å². The van der Waals surface area contributed by atoms with E-state index in [0.717, 1.165) is 39.0 Å². The lowest BCUT2D eigenvalue weighted by molar-refractivity contribution is 0.143. The Hall–Kier alpha value is -0.860. The number of hydrogen-bond acceptors (Lipinski definition) is 2. The van der Waals surface area contributed by atoms with Crippen molar-refractivity contribution < 1.29 is 0 Å². The van der Waals surface area contributed by atoms with Crippen LogP contribution in [0.25, 0.3) is 0 Å². The van der Waals surface area contributed by atoms with Gasteiger partial charge in [0.05, 0.1) is 0 Å². The van der Waals surface area contributed by atoms with E-state index in [1.807, 2.05) is 0 Å². The highest BCUT2D eigenvalue weighted by atomic mass is 15.1. The molecule has 2 N–H and O–H groups in total. The molecule has 0 aliphatic rings. The first-order chi connectivity index (χ1) is 8.69. The molecule has 1 aromatic carbocycles. The highest BCUT2D eigenvalue weighted by Crippen LogP contribution is 2.26. The van der Waals surface area contributed by atoms with Crippen molar-refractivity contribution in [1.29, 1.82) is 0 Å². The Morgan fingerprint density at radius 1 is 1.06 bits per heavy atom. The zero-order chi connectivity index (χ0) is 13.4. The van der Waals surface area contributed by atoms with Crippen molar-refractivity contribution in [3.8, 4) is 0 Å². The van der Waals surface area contributed by atoms with Crippen LogP contribution in [0.3, 0.4) is 0 Å². The molecule has 0 spiro atoms. The minimum absolute atomic E-state index is 0.283. The Labute approximate surface area is 112 Å². The summed E-state index contributed by atoms with van der Waals surface area (Å²) in [7, 11) is 0. The van der Waals surface area contributed by atoms with Crippen LogP contribution in [-0.4, -0.2) is 24.5 Å². The number of benzene rings is 1. The molecule has 102 valence electrons. The van der Waals surface area contributed by atoms with E-state index in [4.69, 9.17) is 5.73 Å². The van der Waals surface area contributed by atoms with Gasteiger partial charge in [-0.2, -0.15) is 0 Å². The number of rotatable bonds is 8. The third kappa shape index (κ3) is 4.11. The summed E-state index contributed by atoms with van der Waals surface area (Å²) in [5, 5.41) is 0. The second kappa shape index (κ2) is 7.55. The minimum atomic E-state index is 0.283. The van der Waals surface area contributed by atoms with E-state index in [1.165, 1.54) is 5.56 Å². The van der Waals surface area contributed by atoms with E-state index < -0.39 is 0 Å². The molecule has 0 unspecified atom stereocenters. The maximum atomic E-state index is 6.00. The summed E-state index contributed by atoms with van der Waals surface area (Å²) in [6, 6.07) is 10.7. The molecule has 2 nitrogen and oxygen atoms in total. The van der Waals surface area contributed by atoms with Crippen molar-refractivity contribution in [3.05, 3.63) is 35.9 Å². The predicted molar refractivity (Wildman–Crippen MR) is 79.5 cm³/mol. The first-order valence-electron chi connectivity index (χ1n) is 7.16. The SMILES string of the molecule is CCN(Cc1ccccc1)CC(CC)(CC)CN. The lowest BCUT2D eigenvalue weighted by Gasteiger charge is -2.36. The van der Waals surface area contributed by atoms with Gasteiger partial charge < -0.3 is 5.73 Å². The standard InChI is InChI=1S/C16H28N2/c1-4-16(5-2,13-17)14-18(6-3)12-15-10-8-7-9-11-15/h7-11H,4-6,12-14,17H2,1-3H3. The molecule has 2 heteroatoms. The Kier molecular flexibility index (Phi) is 6.37. The molecule has 0 aliphatic carbocycles. The van der Waals surface area contributed by atoms with E-state index in [1.54, 1.807) is 0 Å². The maximum absolute atomic E-state index is 6.00. The van der Waals surface area contributed by atoms with E-state index in [2.05, 4.69) is 56.0 Å². The van der Waals surface area contributed by atoms with Crippen molar-refractivity contribution >= 4 is 0 Å². The zero-order valence-electron chi connectivity index (χ0n) is 12.2. The van der Waals surface area contributed by atoms with Crippen LogP contribution in [0, 0.1) is 5.41 Å². The van der Waals surface area contributed by atoms with Crippen LogP contribution < -0.4 is 5.73 Å². The lowest BCUT2D eigenvalue weighted by Crippen LogP contribution is -2.41. The first kappa shape index (κ1) is 15.2. The summed E-state index contributed by atoms with van der Waals surface area (Å²) < 4.78 is 0. The molecule has 0 saturated carbocycles. The number of hydrogen-bond donors (Lipinski definition) is 1. The molecule has 0 heterocycles. The van der Waals surface area contributed by atoms with Crippen LogP contribution in [0.4, 0.5) is 0 Å². The number of nitrogens with zero attached hydrogens (tertiary/aromatic N) is 1. The van der Waals surface area contributed by atoms with Crippen LogP contribution in [-0.2, 0) is 6.54 Å². The summed E-state index contributed by atoms with van der Waals surface area (Å²) in [6.45, 7) is 10.7. The van der Waals surface area contributed by atoms with Gasteiger partial charge in [-0.3, -0.25) is 4.90 Å². The van der Waals surface area contributed by atoms with Gasteiger partial charge >= 0.3 is 0 Å². The second-order valence-electron chi connectivity index (χ2n) is 5.20. The molecule has 0 amide bonds. The fraction of sp³-hybridized carbons (Fsp3) is 0.625. The third-order valence-electron chi connectivity index (χ3n) is 4.19. The lowest BCUT2D eigenvalue weighted by atomic mass is 9.82. The smallest absolute Gasteiger partial charge is 0.0233 e. The van der Waals surface area contributed by atoms with Gasteiger partial charge in [-0.05, 0) is 36.9 Å². The molecule has 0 aromatic heterocycles. The van der Waals surface area contributed by atoms with Crippen molar-refractivity contribution in [2.24, 2.45) is 11.1 Å². The molecule has 0 aliphatic heterocycles. The van der Waals surface area contributed by atoms with Gasteiger partial charge in [0.25, 0.3) is 0 Å². The van der Waals surface area contributed by atoms with E-state index in [0.29, 0.717) is 0 Å². The highest BCUT2D eigenvalue weighted by Gasteiger charge is 2.26. The Balaban J connectivity index is 2.66. The van der Waals surface area contributed by atoms with Crippen molar-refractivity contribution in [2.75, 3.05) is 19.6 Å². The molecule has 1 rings (SSSR count). The van der Waals surface area contributed by atoms with Gasteiger partial charge in [0.2, 0.25) is 0 Å². The van der Waals surface area contributed by atoms with Gasteiger partial charge in [0.1, 0.15) is 0 Å². The Bertz CT molecular complexity index is 309. The predicted octanol–water partition coefficient (Wildman–Crippen LogP) is 3.27. The normalized spacial score (nSPS) is 12.1. The Morgan fingerprint density at radius 2 is 1.67 bits per heavy atom. The minimum Gasteiger partial charge on any atom is -0.330 e. The van der Waals surface area contributed by atoms with Gasteiger partial charge in [0, 0.05) is 13.1 Å². The molecule has 0 radical (unpaired) electrons. The van der Waals surface area contributed by atoms with Crippen LogP contribution in [0.1, 0.15) is 39.2 Å². The van der Waals surface area contributed by atoms with Crippen LogP contribution in [0.5, 0.6) is 0 Å². The van der Waals surface area contributed by atoms with E-state index in [-0.39, 0.29) is 5.41 Å². The quantitative estimate of drug-likeness (QED) is 0.765. The fourth-order valence-electron chi connectivity index (χ4n) is 2.42. The van der Waals surface area contributed by atoms with Crippen molar-refractivity contribution in [3.63, 3.8) is 0 Å². The van der Waals surface area contributed by atoms with Gasteiger partial charge in [-0.15, -0.1) is 0 Å². The van der Waals surface area contributed by atoms with Gasteiger partial charge in [-0.1, -0.05) is 51.1 Å². The van der Waals surface area contributed by atoms with Crippen molar-refractivity contribution in [2.45, 2.75) is 40.2 Å². The molecule has 0 saturated heterocycles. The summed E-state index contributed by atoms with van der Waals surface area (Å²) in [4.78, 5) is 2.51.